The Morgan fingerprint density at radius 1 is 0.966 bits per heavy atom. The lowest BCUT2D eigenvalue weighted by molar-refractivity contribution is -0.129. The van der Waals surface area contributed by atoms with Crippen molar-refractivity contribution < 1.29 is 18.0 Å². The number of nitrogens with zero attached hydrogens (tertiary/aromatic N) is 1. The molecule has 8 heteroatoms. The minimum Gasteiger partial charge on any atom is -0.349 e. The average Bonchev–Trinajstić information content (AvgIpc) is 2.70. The number of aryl methyl sites for hydroxylation is 1. The molecule has 1 fully saturated rings. The minimum atomic E-state index is -3.73. The Bertz CT molecular complexity index is 978. The molecule has 0 saturated carbocycles. The van der Waals surface area contributed by atoms with Crippen molar-refractivity contribution in [2.45, 2.75) is 37.6 Å². The maximum atomic E-state index is 12.5. The normalized spacial score (nSPS) is 15.0. The topological polar surface area (TPSA) is 95.6 Å². The van der Waals surface area contributed by atoms with Crippen molar-refractivity contribution in [2.24, 2.45) is 0 Å². The Kier molecular flexibility index (Phi) is 6.22. The van der Waals surface area contributed by atoms with E-state index in [1.54, 1.807) is 24.0 Å². The Hall–Kier alpha value is -2.87. The smallest absolute Gasteiger partial charge is 0.261 e. The third-order valence-corrected chi connectivity index (χ3v) is 6.40. The zero-order valence-electron chi connectivity index (χ0n) is 16.5. The Labute approximate surface area is 171 Å². The van der Waals surface area contributed by atoms with Crippen LogP contribution in [-0.2, 0) is 14.8 Å². The summed E-state index contributed by atoms with van der Waals surface area (Å²) in [5, 5.41) is 2.96. The molecule has 0 aliphatic carbocycles. The van der Waals surface area contributed by atoms with Crippen molar-refractivity contribution >= 4 is 27.5 Å². The van der Waals surface area contributed by atoms with E-state index in [4.69, 9.17) is 0 Å². The summed E-state index contributed by atoms with van der Waals surface area (Å²) in [6.07, 6.45) is 1.41. The number of amides is 2. The summed E-state index contributed by atoms with van der Waals surface area (Å²) in [5.74, 6) is -0.201. The Morgan fingerprint density at radius 3 is 2.10 bits per heavy atom. The summed E-state index contributed by atoms with van der Waals surface area (Å²) in [4.78, 5) is 25.7. The number of rotatable bonds is 5. The minimum absolute atomic E-state index is 0.00436. The quantitative estimate of drug-likeness (QED) is 0.784. The molecule has 3 rings (SSSR count). The third-order valence-electron chi connectivity index (χ3n) is 5.01. The van der Waals surface area contributed by atoms with Gasteiger partial charge in [-0.2, -0.15) is 0 Å². The van der Waals surface area contributed by atoms with Gasteiger partial charge in [-0.05, 0) is 56.2 Å². The summed E-state index contributed by atoms with van der Waals surface area (Å²) in [6, 6.07) is 12.9. The van der Waals surface area contributed by atoms with Gasteiger partial charge in [-0.25, -0.2) is 8.42 Å². The highest BCUT2D eigenvalue weighted by Crippen LogP contribution is 2.18. The van der Waals surface area contributed by atoms with E-state index in [-0.39, 0.29) is 22.8 Å². The number of likely N-dealkylation sites (tertiary alicyclic amines) is 1. The first-order valence-corrected chi connectivity index (χ1v) is 11.0. The fourth-order valence-corrected chi connectivity index (χ4v) is 4.29. The van der Waals surface area contributed by atoms with Crippen LogP contribution in [0.1, 0.15) is 35.7 Å². The lowest BCUT2D eigenvalue weighted by Gasteiger charge is -2.31. The van der Waals surface area contributed by atoms with Gasteiger partial charge in [0.05, 0.1) is 4.90 Å². The first-order valence-electron chi connectivity index (χ1n) is 9.50. The fraction of sp³-hybridized carbons (Fsp3) is 0.333. The fourth-order valence-electron chi connectivity index (χ4n) is 3.23. The molecule has 7 nitrogen and oxygen atoms in total. The lowest BCUT2D eigenvalue weighted by atomic mass is 10.0. The first-order chi connectivity index (χ1) is 13.7. The van der Waals surface area contributed by atoms with E-state index < -0.39 is 10.0 Å². The van der Waals surface area contributed by atoms with Crippen LogP contribution in [0.2, 0.25) is 0 Å². The molecule has 0 atom stereocenters. The van der Waals surface area contributed by atoms with Crippen molar-refractivity contribution in [1.82, 2.24) is 10.2 Å². The second-order valence-electron chi connectivity index (χ2n) is 7.25. The molecule has 0 unspecified atom stereocenters. The molecule has 0 spiro atoms. The number of piperidine rings is 1. The van der Waals surface area contributed by atoms with Crippen molar-refractivity contribution in [3.05, 3.63) is 59.7 Å². The molecule has 0 radical (unpaired) electrons. The predicted molar refractivity (Wildman–Crippen MR) is 111 cm³/mol. The molecule has 2 N–H and O–H groups in total. The van der Waals surface area contributed by atoms with Gasteiger partial charge in [-0.1, -0.05) is 17.7 Å². The van der Waals surface area contributed by atoms with Crippen LogP contribution < -0.4 is 10.0 Å². The number of sulfonamides is 1. The zero-order valence-corrected chi connectivity index (χ0v) is 17.3. The molecular formula is C21H25N3O4S. The molecule has 1 saturated heterocycles. The van der Waals surface area contributed by atoms with E-state index in [0.717, 1.165) is 5.56 Å². The van der Waals surface area contributed by atoms with Gasteiger partial charge in [-0.15, -0.1) is 0 Å². The highest BCUT2D eigenvalue weighted by Gasteiger charge is 2.22. The van der Waals surface area contributed by atoms with E-state index in [0.29, 0.717) is 37.2 Å². The molecule has 2 amide bonds. The van der Waals surface area contributed by atoms with Crippen molar-refractivity contribution in [2.75, 3.05) is 17.8 Å². The van der Waals surface area contributed by atoms with E-state index in [1.165, 1.54) is 24.3 Å². The maximum Gasteiger partial charge on any atom is 0.261 e. The molecule has 1 aliphatic heterocycles. The van der Waals surface area contributed by atoms with Gasteiger partial charge in [0.15, 0.2) is 0 Å². The summed E-state index contributed by atoms with van der Waals surface area (Å²) in [5.41, 5.74) is 1.91. The van der Waals surface area contributed by atoms with E-state index >= 15 is 0 Å². The largest absolute Gasteiger partial charge is 0.349 e. The van der Waals surface area contributed by atoms with Crippen LogP contribution in [0, 0.1) is 6.92 Å². The number of carbonyl (C=O) groups excluding carboxylic acids is 2. The van der Waals surface area contributed by atoms with Gasteiger partial charge in [0, 0.05) is 37.3 Å². The number of benzene rings is 2. The van der Waals surface area contributed by atoms with Gasteiger partial charge < -0.3 is 10.2 Å². The van der Waals surface area contributed by atoms with Crippen LogP contribution in [0.15, 0.2) is 53.4 Å². The summed E-state index contributed by atoms with van der Waals surface area (Å²) in [6.45, 7) is 4.72. The number of carbonyl (C=O) groups is 2. The summed E-state index contributed by atoms with van der Waals surface area (Å²) in [7, 11) is -3.73. The monoisotopic (exact) mass is 415 g/mol. The van der Waals surface area contributed by atoms with Gasteiger partial charge in [0.25, 0.3) is 15.9 Å². The van der Waals surface area contributed by atoms with Crippen molar-refractivity contribution in [1.29, 1.82) is 0 Å². The zero-order chi connectivity index (χ0) is 21.0. The number of anilines is 1. The van der Waals surface area contributed by atoms with Crippen LogP contribution in [-0.4, -0.2) is 44.3 Å². The number of nitrogens with one attached hydrogen (secondary N) is 2. The van der Waals surface area contributed by atoms with Gasteiger partial charge in [0.2, 0.25) is 5.91 Å². The number of hydrogen-bond acceptors (Lipinski definition) is 4. The van der Waals surface area contributed by atoms with Crippen LogP contribution in [0.4, 0.5) is 5.69 Å². The highest BCUT2D eigenvalue weighted by molar-refractivity contribution is 7.92. The van der Waals surface area contributed by atoms with E-state index in [9.17, 15) is 18.0 Å². The Balaban J connectivity index is 1.61. The number of hydrogen-bond donors (Lipinski definition) is 2. The molecule has 29 heavy (non-hydrogen) atoms. The van der Waals surface area contributed by atoms with Crippen LogP contribution in [0.5, 0.6) is 0 Å². The second-order valence-corrected chi connectivity index (χ2v) is 8.93. The van der Waals surface area contributed by atoms with Gasteiger partial charge in [0.1, 0.15) is 0 Å². The summed E-state index contributed by atoms with van der Waals surface area (Å²) < 4.78 is 27.6. The van der Waals surface area contributed by atoms with Crippen molar-refractivity contribution in [3.8, 4) is 0 Å². The predicted octanol–water partition coefficient (Wildman–Crippen LogP) is 2.54. The maximum absolute atomic E-state index is 12.5. The molecule has 154 valence electrons. The van der Waals surface area contributed by atoms with E-state index in [1.807, 2.05) is 19.1 Å². The second kappa shape index (κ2) is 8.65. The standard InChI is InChI=1S/C21H25N3O4S/c1-15-3-7-19(8-4-15)23-29(27,28)20-9-5-17(6-10-20)21(26)22-18-11-13-24(14-12-18)16(2)25/h3-10,18,23H,11-14H2,1-2H3,(H,22,26). The average molecular weight is 416 g/mol. The van der Waals surface area contributed by atoms with E-state index in [2.05, 4.69) is 10.0 Å². The van der Waals surface area contributed by atoms with Crippen LogP contribution >= 0.6 is 0 Å². The van der Waals surface area contributed by atoms with Gasteiger partial charge in [-0.3, -0.25) is 14.3 Å². The molecule has 0 aromatic heterocycles. The highest BCUT2D eigenvalue weighted by atomic mass is 32.2. The third kappa shape index (κ3) is 5.35. The SMILES string of the molecule is CC(=O)N1CCC(NC(=O)c2ccc(S(=O)(=O)Nc3ccc(C)cc3)cc2)CC1. The Morgan fingerprint density at radius 2 is 1.55 bits per heavy atom. The van der Waals surface area contributed by atoms with Gasteiger partial charge >= 0.3 is 0 Å². The molecule has 2 aromatic carbocycles. The molecule has 0 bridgehead atoms. The van der Waals surface area contributed by atoms with Crippen LogP contribution in [0.25, 0.3) is 0 Å². The van der Waals surface area contributed by atoms with Crippen molar-refractivity contribution in [3.63, 3.8) is 0 Å². The molecule has 1 aliphatic rings. The molecule has 1 heterocycles. The van der Waals surface area contributed by atoms with Crippen LogP contribution in [0.3, 0.4) is 0 Å². The lowest BCUT2D eigenvalue weighted by Crippen LogP contribution is -2.46. The molecular weight excluding hydrogens is 390 g/mol. The molecule has 2 aromatic rings. The summed E-state index contributed by atoms with van der Waals surface area (Å²) >= 11 is 0. The first kappa shape index (κ1) is 20.9.